The number of aryl methyl sites for hydroxylation is 1. The molecule has 1 aliphatic heterocycles. The standard InChI is InChI=1S/C40H53NO/c1-28-21-24-35-34(26-28)36-37(32-19-13-14-20-33(32)38(36)41(35)31-17-11-9-12-18-31)40(5,6)30-23-22-29(27-30)16-10-7-8-15-25-42-39(2,3)4/h9,11-14,17-21,24,26,29-30,36-38H,7-8,10,15-16,22-23,25,27H2,1-6H3. The number of anilines is 2. The van der Waals surface area contributed by atoms with E-state index in [1.807, 2.05) is 0 Å². The summed E-state index contributed by atoms with van der Waals surface area (Å²) in [5.74, 6) is 2.69. The predicted octanol–water partition coefficient (Wildman–Crippen LogP) is 11.3. The van der Waals surface area contributed by atoms with E-state index >= 15 is 0 Å². The first-order chi connectivity index (χ1) is 20.1. The fourth-order valence-electron chi connectivity index (χ4n) is 8.88. The number of hydrogen-bond acceptors (Lipinski definition) is 2. The van der Waals surface area contributed by atoms with E-state index in [4.69, 9.17) is 4.74 Å². The van der Waals surface area contributed by atoms with Crippen molar-refractivity contribution >= 4 is 11.4 Å². The Labute approximate surface area is 255 Å². The summed E-state index contributed by atoms with van der Waals surface area (Å²) in [6, 6.07) is 28.1. The predicted molar refractivity (Wildman–Crippen MR) is 178 cm³/mol. The van der Waals surface area contributed by atoms with Gasteiger partial charge in [0.2, 0.25) is 0 Å². The van der Waals surface area contributed by atoms with Crippen molar-refractivity contribution in [3.63, 3.8) is 0 Å². The van der Waals surface area contributed by atoms with Crippen molar-refractivity contribution in [1.82, 2.24) is 0 Å². The molecular weight excluding hydrogens is 510 g/mol. The van der Waals surface area contributed by atoms with Crippen molar-refractivity contribution in [3.8, 4) is 0 Å². The largest absolute Gasteiger partial charge is 0.376 e. The summed E-state index contributed by atoms with van der Waals surface area (Å²) in [6.45, 7) is 14.9. The highest BCUT2D eigenvalue weighted by Gasteiger charge is 2.56. The van der Waals surface area contributed by atoms with E-state index in [1.54, 1.807) is 16.7 Å². The number of hydrogen-bond donors (Lipinski definition) is 0. The van der Waals surface area contributed by atoms with Crippen molar-refractivity contribution < 1.29 is 4.74 Å². The molecule has 0 amide bonds. The van der Waals surface area contributed by atoms with Crippen LogP contribution in [0.2, 0.25) is 0 Å². The summed E-state index contributed by atoms with van der Waals surface area (Å²) in [4.78, 5) is 2.67. The number of unbranched alkanes of at least 4 members (excludes halogenated alkanes) is 3. The van der Waals surface area contributed by atoms with Crippen molar-refractivity contribution in [2.45, 2.75) is 116 Å². The monoisotopic (exact) mass is 563 g/mol. The Morgan fingerprint density at radius 3 is 2.24 bits per heavy atom. The van der Waals surface area contributed by atoms with Crippen LogP contribution in [0.25, 0.3) is 0 Å². The zero-order valence-electron chi connectivity index (χ0n) is 27.0. The van der Waals surface area contributed by atoms with E-state index < -0.39 is 0 Å². The minimum atomic E-state index is -0.00918. The Balaban J connectivity index is 1.20. The Bertz CT molecular complexity index is 1350. The topological polar surface area (TPSA) is 12.5 Å². The number of fused-ring (bicyclic) bond motifs is 5. The number of ether oxygens (including phenoxy) is 1. The second kappa shape index (κ2) is 11.8. The van der Waals surface area contributed by atoms with E-state index in [2.05, 4.69) is 119 Å². The molecule has 2 nitrogen and oxygen atoms in total. The van der Waals surface area contributed by atoms with Crippen LogP contribution in [0, 0.1) is 24.2 Å². The highest BCUT2D eigenvalue weighted by atomic mass is 16.5. The third-order valence-corrected chi connectivity index (χ3v) is 10.9. The molecule has 1 heterocycles. The van der Waals surface area contributed by atoms with E-state index in [0.29, 0.717) is 17.9 Å². The molecule has 1 saturated carbocycles. The molecule has 0 aromatic heterocycles. The summed E-state index contributed by atoms with van der Waals surface area (Å²) in [5.41, 5.74) is 9.04. The van der Waals surface area contributed by atoms with Crippen LogP contribution in [-0.4, -0.2) is 12.2 Å². The maximum atomic E-state index is 5.92. The lowest BCUT2D eigenvalue weighted by Gasteiger charge is -2.41. The molecule has 0 bridgehead atoms. The van der Waals surface area contributed by atoms with Crippen LogP contribution >= 0.6 is 0 Å². The van der Waals surface area contributed by atoms with Gasteiger partial charge in [-0.1, -0.05) is 106 Å². The molecule has 0 saturated heterocycles. The maximum absolute atomic E-state index is 5.92. The molecule has 3 aromatic rings. The Morgan fingerprint density at radius 2 is 1.48 bits per heavy atom. The summed E-state index contributed by atoms with van der Waals surface area (Å²) in [6.07, 6.45) is 10.8. The van der Waals surface area contributed by atoms with Crippen LogP contribution in [0.3, 0.4) is 0 Å². The lowest BCUT2D eigenvalue weighted by molar-refractivity contribution is -0.00476. The number of nitrogens with zero attached hydrogens (tertiary/aromatic N) is 1. The van der Waals surface area contributed by atoms with Gasteiger partial charge in [-0.25, -0.2) is 0 Å². The summed E-state index contributed by atoms with van der Waals surface area (Å²) >= 11 is 0. The quantitative estimate of drug-likeness (QED) is 0.227. The summed E-state index contributed by atoms with van der Waals surface area (Å²) in [7, 11) is 0. The summed E-state index contributed by atoms with van der Waals surface area (Å²) in [5, 5.41) is 0. The van der Waals surface area contributed by atoms with Crippen molar-refractivity contribution in [2.24, 2.45) is 17.3 Å². The molecule has 224 valence electrons. The third-order valence-electron chi connectivity index (χ3n) is 10.9. The van der Waals surface area contributed by atoms with Gasteiger partial charge in [0.05, 0.1) is 11.6 Å². The lowest BCUT2D eigenvalue weighted by atomic mass is 9.62. The summed E-state index contributed by atoms with van der Waals surface area (Å²) < 4.78 is 5.92. The van der Waals surface area contributed by atoms with E-state index in [9.17, 15) is 0 Å². The molecule has 0 radical (unpaired) electrons. The average Bonchev–Trinajstić information content (AvgIpc) is 3.65. The van der Waals surface area contributed by atoms with Gasteiger partial charge in [0, 0.05) is 23.9 Å². The Hall–Kier alpha value is -2.58. The lowest BCUT2D eigenvalue weighted by Crippen LogP contribution is -2.32. The third kappa shape index (κ3) is 5.69. The van der Waals surface area contributed by atoms with E-state index in [0.717, 1.165) is 18.4 Å². The molecule has 1 fully saturated rings. The van der Waals surface area contributed by atoms with Crippen molar-refractivity contribution in [3.05, 3.63) is 95.1 Å². The number of benzene rings is 3. The van der Waals surface area contributed by atoms with Gasteiger partial charge in [-0.15, -0.1) is 0 Å². The molecule has 3 aliphatic rings. The van der Waals surface area contributed by atoms with Gasteiger partial charge in [-0.2, -0.15) is 0 Å². The molecular formula is C40H53NO. The highest BCUT2D eigenvalue weighted by molar-refractivity contribution is 5.76. The molecule has 0 spiro atoms. The minimum absolute atomic E-state index is 0.00918. The first kappa shape index (κ1) is 29.5. The highest BCUT2D eigenvalue weighted by Crippen LogP contribution is 2.68. The van der Waals surface area contributed by atoms with Crippen LogP contribution in [0.4, 0.5) is 11.4 Å². The van der Waals surface area contributed by atoms with Crippen molar-refractivity contribution in [1.29, 1.82) is 0 Å². The molecule has 5 atom stereocenters. The van der Waals surface area contributed by atoms with Gasteiger partial charge in [-0.3, -0.25) is 0 Å². The fourth-order valence-corrected chi connectivity index (χ4v) is 8.88. The maximum Gasteiger partial charge on any atom is 0.0669 e. The molecule has 5 unspecified atom stereocenters. The van der Waals surface area contributed by atoms with Crippen LogP contribution in [0.15, 0.2) is 72.8 Å². The molecule has 6 rings (SSSR count). The van der Waals surface area contributed by atoms with Gasteiger partial charge >= 0.3 is 0 Å². The Kier molecular flexibility index (Phi) is 8.31. The minimum Gasteiger partial charge on any atom is -0.376 e. The normalized spacial score (nSPS) is 25.0. The second-order valence-electron chi connectivity index (χ2n) is 15.2. The molecule has 3 aromatic carbocycles. The zero-order chi connectivity index (χ0) is 29.5. The molecule has 42 heavy (non-hydrogen) atoms. The van der Waals surface area contributed by atoms with E-state index in [-0.39, 0.29) is 11.0 Å². The van der Waals surface area contributed by atoms with Gasteiger partial charge in [0.1, 0.15) is 0 Å². The number of rotatable bonds is 10. The molecule has 0 N–H and O–H groups in total. The first-order valence-electron chi connectivity index (χ1n) is 16.8. The Morgan fingerprint density at radius 1 is 0.762 bits per heavy atom. The smallest absolute Gasteiger partial charge is 0.0669 e. The van der Waals surface area contributed by atoms with Crippen LogP contribution in [-0.2, 0) is 4.74 Å². The van der Waals surface area contributed by atoms with Gasteiger partial charge in [0.15, 0.2) is 0 Å². The van der Waals surface area contributed by atoms with Gasteiger partial charge in [-0.05, 0) is 105 Å². The molecule has 2 aliphatic carbocycles. The zero-order valence-corrected chi connectivity index (χ0v) is 27.0. The van der Waals surface area contributed by atoms with Crippen LogP contribution in [0.5, 0.6) is 0 Å². The van der Waals surface area contributed by atoms with E-state index in [1.165, 1.54) is 68.3 Å². The van der Waals surface area contributed by atoms with Crippen molar-refractivity contribution in [2.75, 3.05) is 11.5 Å². The second-order valence-corrected chi connectivity index (χ2v) is 15.2. The fraction of sp³-hybridized carbons (Fsp3) is 0.550. The van der Waals surface area contributed by atoms with Gasteiger partial charge in [0.25, 0.3) is 0 Å². The van der Waals surface area contributed by atoms with Crippen LogP contribution < -0.4 is 4.90 Å². The van der Waals surface area contributed by atoms with Crippen LogP contribution in [0.1, 0.15) is 126 Å². The SMILES string of the molecule is Cc1ccc2c(c1)C1C(c3ccccc3C1C(C)(C)C1CCC(CCCCCCOC(C)(C)C)C1)N2c1ccccc1. The molecule has 2 heteroatoms. The average molecular weight is 564 g/mol. The first-order valence-corrected chi connectivity index (χ1v) is 16.8. The number of para-hydroxylation sites is 1. The van der Waals surface area contributed by atoms with Gasteiger partial charge < -0.3 is 9.64 Å².